The van der Waals surface area contributed by atoms with E-state index in [2.05, 4.69) is 4.74 Å². The van der Waals surface area contributed by atoms with Gasteiger partial charge in [-0.3, -0.25) is 10.2 Å². The van der Waals surface area contributed by atoms with Gasteiger partial charge in [0.15, 0.2) is 6.61 Å². The van der Waals surface area contributed by atoms with Gasteiger partial charge in [-0.25, -0.2) is 12.8 Å². The first-order valence-electron chi connectivity index (χ1n) is 7.10. The summed E-state index contributed by atoms with van der Waals surface area (Å²) in [7, 11) is -4.23. The highest BCUT2D eigenvalue weighted by Gasteiger charge is 2.31. The number of carbonyl (C=O) groups excluding carboxylic acids is 1. The molecule has 0 aliphatic heterocycles. The van der Waals surface area contributed by atoms with E-state index in [1.165, 1.54) is 12.1 Å². The van der Waals surface area contributed by atoms with E-state index < -0.39 is 45.4 Å². The van der Waals surface area contributed by atoms with Crippen molar-refractivity contribution in [2.75, 3.05) is 6.61 Å². The third-order valence-electron chi connectivity index (χ3n) is 2.88. The van der Waals surface area contributed by atoms with Crippen molar-refractivity contribution >= 4 is 15.9 Å². The molecule has 1 amide bonds. The van der Waals surface area contributed by atoms with E-state index in [0.717, 1.165) is 36.4 Å². The van der Waals surface area contributed by atoms with Gasteiger partial charge >= 0.3 is 6.36 Å². The number of benzene rings is 2. The van der Waals surface area contributed by atoms with Gasteiger partial charge in [0, 0.05) is 0 Å². The number of amides is 1. The molecule has 7 nitrogen and oxygen atoms in total. The molecule has 146 valence electrons. The minimum atomic E-state index is -4.91. The van der Waals surface area contributed by atoms with Gasteiger partial charge in [0.1, 0.15) is 17.3 Å². The lowest BCUT2D eigenvalue weighted by atomic mass is 10.3. The summed E-state index contributed by atoms with van der Waals surface area (Å²) in [5.41, 5.74) is 1.87. The maximum atomic E-state index is 12.7. The Hall–Kier alpha value is -2.86. The van der Waals surface area contributed by atoms with Crippen molar-refractivity contribution in [2.24, 2.45) is 0 Å². The fourth-order valence-corrected chi connectivity index (χ4v) is 2.58. The Bertz CT molecular complexity index is 884. The van der Waals surface area contributed by atoms with E-state index >= 15 is 0 Å². The summed E-state index contributed by atoms with van der Waals surface area (Å²) in [4.78, 5) is 12.9. The lowest BCUT2D eigenvalue weighted by Crippen LogP contribution is -2.43. The summed E-state index contributed by atoms with van der Waals surface area (Å²) < 4.78 is 81.5. The Kier molecular flexibility index (Phi) is 6.23. The van der Waals surface area contributed by atoms with E-state index in [4.69, 9.17) is 4.74 Å². The van der Waals surface area contributed by atoms with Crippen molar-refractivity contribution in [2.45, 2.75) is 11.3 Å². The first-order chi connectivity index (χ1) is 12.5. The fraction of sp³-hybridized carbons (Fsp3) is 0.133. The maximum Gasteiger partial charge on any atom is 0.573 e. The van der Waals surface area contributed by atoms with Crippen LogP contribution in [0.5, 0.6) is 11.5 Å². The second-order valence-electron chi connectivity index (χ2n) is 4.92. The highest BCUT2D eigenvalue weighted by molar-refractivity contribution is 7.89. The molecule has 0 heterocycles. The van der Waals surface area contributed by atoms with Gasteiger partial charge < -0.3 is 9.47 Å². The molecule has 27 heavy (non-hydrogen) atoms. The van der Waals surface area contributed by atoms with Gasteiger partial charge in [-0.15, -0.1) is 18.0 Å². The smallest absolute Gasteiger partial charge is 0.484 e. The normalized spacial score (nSPS) is 11.7. The number of hydrazine groups is 1. The molecule has 2 N–H and O–H groups in total. The molecule has 0 atom stereocenters. The molecule has 2 rings (SSSR count). The molecular formula is C15H12F4N2O5S. The quantitative estimate of drug-likeness (QED) is 0.541. The van der Waals surface area contributed by atoms with Crippen molar-refractivity contribution in [3.63, 3.8) is 0 Å². The van der Waals surface area contributed by atoms with Crippen molar-refractivity contribution in [3.8, 4) is 11.5 Å². The molecule has 0 aliphatic carbocycles. The molecule has 0 radical (unpaired) electrons. The number of nitrogens with one attached hydrogen (secondary N) is 2. The highest BCUT2D eigenvalue weighted by Crippen LogP contribution is 2.23. The molecule has 0 aromatic heterocycles. The molecule has 12 heteroatoms. The monoisotopic (exact) mass is 408 g/mol. The number of ether oxygens (including phenoxy) is 2. The number of sulfonamides is 1. The summed E-state index contributed by atoms with van der Waals surface area (Å²) in [5, 5.41) is 0. The zero-order valence-corrected chi connectivity index (χ0v) is 14.1. The molecule has 2 aromatic carbocycles. The number of halogens is 4. The highest BCUT2D eigenvalue weighted by atomic mass is 32.2. The number of hydrogen-bond donors (Lipinski definition) is 2. The Labute approximate surface area is 150 Å². The molecule has 0 bridgehead atoms. The van der Waals surface area contributed by atoms with Crippen LogP contribution in [0.2, 0.25) is 0 Å². The average Bonchev–Trinajstić information content (AvgIpc) is 2.58. The molecule has 2 aromatic rings. The molecule has 0 aliphatic rings. The van der Waals surface area contributed by atoms with Crippen LogP contribution in [0.15, 0.2) is 53.4 Å². The summed E-state index contributed by atoms with van der Waals surface area (Å²) >= 11 is 0. The van der Waals surface area contributed by atoms with Crippen LogP contribution in [0.1, 0.15) is 0 Å². The first-order valence-corrected chi connectivity index (χ1v) is 8.58. The van der Waals surface area contributed by atoms with Crippen LogP contribution in [-0.4, -0.2) is 27.3 Å². The summed E-state index contributed by atoms with van der Waals surface area (Å²) in [6.45, 7) is -0.563. The summed E-state index contributed by atoms with van der Waals surface area (Å²) in [5.74, 6) is -1.76. The summed E-state index contributed by atoms with van der Waals surface area (Å²) in [6, 6.07) is 8.12. The van der Waals surface area contributed by atoms with Gasteiger partial charge in [-0.2, -0.15) is 0 Å². The Morgan fingerprint density at radius 3 is 2.07 bits per heavy atom. The topological polar surface area (TPSA) is 93.7 Å². The second kappa shape index (κ2) is 8.22. The minimum absolute atomic E-state index is 0.190. The van der Waals surface area contributed by atoms with Crippen molar-refractivity contribution in [3.05, 3.63) is 54.3 Å². The van der Waals surface area contributed by atoms with Crippen molar-refractivity contribution in [1.82, 2.24) is 10.3 Å². The standard InChI is InChI=1S/C15H12F4N2O5S/c16-10-1-3-11(4-2-10)25-9-14(22)20-21-27(23,24)13-7-5-12(6-8-13)26-15(17,18)19/h1-8,21H,9H2,(H,20,22). The van der Waals surface area contributed by atoms with Gasteiger partial charge in [0.25, 0.3) is 15.9 Å². The predicted octanol–water partition coefficient (Wildman–Crippen LogP) is 2.11. The predicted molar refractivity (Wildman–Crippen MR) is 83.5 cm³/mol. The molecule has 0 fully saturated rings. The SMILES string of the molecule is O=C(COc1ccc(F)cc1)NNS(=O)(=O)c1ccc(OC(F)(F)F)cc1. The Morgan fingerprint density at radius 2 is 1.52 bits per heavy atom. The number of hydrogen-bond acceptors (Lipinski definition) is 5. The molecule has 0 unspecified atom stereocenters. The average molecular weight is 408 g/mol. The van der Waals surface area contributed by atoms with Crippen molar-refractivity contribution < 1.29 is 40.2 Å². The second-order valence-corrected chi connectivity index (χ2v) is 6.60. The first kappa shape index (κ1) is 20.5. The van der Waals surface area contributed by atoms with Crippen LogP contribution in [0.4, 0.5) is 17.6 Å². The lowest BCUT2D eigenvalue weighted by molar-refractivity contribution is -0.274. The van der Waals surface area contributed by atoms with Gasteiger partial charge in [0.05, 0.1) is 4.90 Å². The fourth-order valence-electron chi connectivity index (χ4n) is 1.72. The molecular weight excluding hydrogens is 396 g/mol. The largest absolute Gasteiger partial charge is 0.573 e. The van der Waals surface area contributed by atoms with Crippen LogP contribution in [0.25, 0.3) is 0 Å². The van der Waals surface area contributed by atoms with Gasteiger partial charge in [-0.05, 0) is 48.5 Å². The van der Waals surface area contributed by atoms with Crippen molar-refractivity contribution in [1.29, 1.82) is 0 Å². The lowest BCUT2D eigenvalue weighted by Gasteiger charge is -2.11. The zero-order valence-electron chi connectivity index (χ0n) is 13.3. The third kappa shape index (κ3) is 6.75. The molecule has 0 saturated heterocycles. The minimum Gasteiger partial charge on any atom is -0.484 e. The molecule has 0 saturated carbocycles. The van der Waals surface area contributed by atoms with Crippen LogP contribution in [0.3, 0.4) is 0 Å². The van der Waals surface area contributed by atoms with E-state index in [1.54, 1.807) is 4.83 Å². The van der Waals surface area contributed by atoms with E-state index in [9.17, 15) is 30.8 Å². The maximum absolute atomic E-state index is 12.7. The van der Waals surface area contributed by atoms with Gasteiger partial charge in [-0.1, -0.05) is 0 Å². The number of carbonyl (C=O) groups is 1. The number of alkyl halides is 3. The van der Waals surface area contributed by atoms with Crippen LogP contribution in [-0.2, 0) is 14.8 Å². The van der Waals surface area contributed by atoms with Gasteiger partial charge in [0.2, 0.25) is 0 Å². The van der Waals surface area contributed by atoms with Crippen LogP contribution in [0, 0.1) is 5.82 Å². The summed E-state index contributed by atoms with van der Waals surface area (Å²) in [6.07, 6.45) is -4.91. The van der Waals surface area contributed by atoms with Crippen LogP contribution < -0.4 is 19.7 Å². The van der Waals surface area contributed by atoms with E-state index in [1.807, 2.05) is 5.43 Å². The van der Waals surface area contributed by atoms with Crippen LogP contribution >= 0.6 is 0 Å². The molecule has 0 spiro atoms. The Morgan fingerprint density at radius 1 is 0.963 bits per heavy atom. The zero-order chi connectivity index (χ0) is 20.1. The Balaban J connectivity index is 1.88. The number of rotatable bonds is 7. The van der Waals surface area contributed by atoms with E-state index in [0.29, 0.717) is 0 Å². The van der Waals surface area contributed by atoms with E-state index in [-0.39, 0.29) is 5.75 Å². The third-order valence-corrected chi connectivity index (χ3v) is 4.14.